The first-order valence-corrected chi connectivity index (χ1v) is 8.37. The van der Waals surface area contributed by atoms with E-state index in [1.807, 2.05) is 9.47 Å². The number of carbonyl (C=O) groups is 1. The third-order valence-corrected chi connectivity index (χ3v) is 4.82. The Morgan fingerprint density at radius 2 is 2.16 bits per heavy atom. The van der Waals surface area contributed by atoms with Crippen LogP contribution in [0.2, 0.25) is 0 Å². The van der Waals surface area contributed by atoms with Gasteiger partial charge in [0.25, 0.3) is 0 Å². The minimum absolute atomic E-state index is 0.0471. The summed E-state index contributed by atoms with van der Waals surface area (Å²) in [5, 5.41) is 3.69. The lowest BCUT2D eigenvalue weighted by atomic mass is 10.1. The van der Waals surface area contributed by atoms with Crippen LogP contribution in [-0.2, 0) is 22.5 Å². The Labute approximate surface area is 143 Å². The summed E-state index contributed by atoms with van der Waals surface area (Å²) in [6.07, 6.45) is 5.84. The van der Waals surface area contributed by atoms with Crippen LogP contribution in [0.15, 0.2) is 18.6 Å². The summed E-state index contributed by atoms with van der Waals surface area (Å²) in [7, 11) is 0. The number of hydrogen-bond donors (Lipinski definition) is 0. The number of ether oxygens (including phenoxy) is 1. The lowest BCUT2D eigenvalue weighted by Gasteiger charge is -2.23. The summed E-state index contributed by atoms with van der Waals surface area (Å²) in [5.74, 6) is 0.947. The van der Waals surface area contributed by atoms with Gasteiger partial charge in [-0.25, -0.2) is 9.67 Å². The van der Waals surface area contributed by atoms with E-state index in [1.165, 1.54) is 12.4 Å². The van der Waals surface area contributed by atoms with Crippen molar-refractivity contribution in [3.63, 3.8) is 0 Å². The Hall–Kier alpha value is -2.29. The second-order valence-electron chi connectivity index (χ2n) is 6.33. The van der Waals surface area contributed by atoms with Gasteiger partial charge in [-0.15, -0.1) is 0 Å². The van der Waals surface area contributed by atoms with Crippen LogP contribution in [0.25, 0.3) is 11.3 Å². The molecule has 0 spiro atoms. The van der Waals surface area contributed by atoms with Crippen LogP contribution in [-0.4, -0.2) is 56.4 Å². The molecule has 9 heteroatoms. The molecule has 1 amide bonds. The van der Waals surface area contributed by atoms with Gasteiger partial charge in [-0.2, -0.15) is 13.9 Å². The number of amides is 1. The number of hydrogen-bond acceptors (Lipinski definition) is 4. The molecular weight excluding hydrogens is 332 g/mol. The standard InChI is InChI=1S/C16H19F2N5O2/c17-16(18)23-9-12(7-20-23)13-8-19-14-1-3-21(4-5-22(13)14)15(24)11-2-6-25-10-11/h7-9,11,16H,1-6,10H2/t11-/m1/s1. The summed E-state index contributed by atoms with van der Waals surface area (Å²) >= 11 is 0. The van der Waals surface area contributed by atoms with Gasteiger partial charge in [0.15, 0.2) is 0 Å². The molecule has 0 saturated carbocycles. The summed E-state index contributed by atoms with van der Waals surface area (Å²) in [4.78, 5) is 18.9. The van der Waals surface area contributed by atoms with Gasteiger partial charge >= 0.3 is 6.55 Å². The zero-order chi connectivity index (χ0) is 17.4. The zero-order valence-corrected chi connectivity index (χ0v) is 13.6. The largest absolute Gasteiger partial charge is 0.381 e. The van der Waals surface area contributed by atoms with Crippen molar-refractivity contribution in [3.8, 4) is 11.3 Å². The summed E-state index contributed by atoms with van der Waals surface area (Å²) < 4.78 is 33.4. The van der Waals surface area contributed by atoms with E-state index in [2.05, 4.69) is 10.1 Å². The van der Waals surface area contributed by atoms with Crippen molar-refractivity contribution in [1.29, 1.82) is 0 Å². The fraction of sp³-hybridized carbons (Fsp3) is 0.562. The van der Waals surface area contributed by atoms with Gasteiger partial charge in [0.05, 0.1) is 30.6 Å². The molecular formula is C16H19F2N5O2. The summed E-state index contributed by atoms with van der Waals surface area (Å²) in [5.41, 5.74) is 1.35. The van der Waals surface area contributed by atoms with Crippen LogP contribution >= 0.6 is 0 Å². The molecule has 2 aromatic heterocycles. The Kier molecular flexibility index (Phi) is 4.24. The van der Waals surface area contributed by atoms with Crippen LogP contribution in [0.5, 0.6) is 0 Å². The number of carbonyl (C=O) groups excluding carboxylic acids is 1. The van der Waals surface area contributed by atoms with Gasteiger partial charge in [0.2, 0.25) is 5.91 Å². The molecule has 4 heterocycles. The number of imidazole rings is 1. The van der Waals surface area contributed by atoms with Crippen molar-refractivity contribution < 1.29 is 18.3 Å². The van der Waals surface area contributed by atoms with Gasteiger partial charge in [-0.3, -0.25) is 4.79 Å². The highest BCUT2D eigenvalue weighted by Gasteiger charge is 2.29. The molecule has 134 valence electrons. The molecule has 0 N–H and O–H groups in total. The van der Waals surface area contributed by atoms with Crippen LogP contribution in [0.1, 0.15) is 18.8 Å². The number of nitrogens with zero attached hydrogens (tertiary/aromatic N) is 5. The van der Waals surface area contributed by atoms with E-state index in [0.29, 0.717) is 49.5 Å². The van der Waals surface area contributed by atoms with Crippen molar-refractivity contribution in [1.82, 2.24) is 24.2 Å². The topological polar surface area (TPSA) is 65.2 Å². The number of rotatable bonds is 3. The SMILES string of the molecule is O=C([C@@H]1CCOC1)N1CCc2ncc(-c3cnn(C(F)F)c3)n2CC1. The second kappa shape index (κ2) is 6.55. The van der Waals surface area contributed by atoms with E-state index in [1.54, 1.807) is 6.20 Å². The zero-order valence-electron chi connectivity index (χ0n) is 13.6. The first kappa shape index (κ1) is 16.2. The monoisotopic (exact) mass is 351 g/mol. The van der Waals surface area contributed by atoms with Gasteiger partial charge < -0.3 is 14.2 Å². The molecule has 4 rings (SSSR count). The highest BCUT2D eigenvalue weighted by molar-refractivity contribution is 5.79. The fourth-order valence-corrected chi connectivity index (χ4v) is 3.45. The molecule has 0 bridgehead atoms. The van der Waals surface area contributed by atoms with E-state index >= 15 is 0 Å². The lowest BCUT2D eigenvalue weighted by Crippen LogP contribution is -2.38. The Balaban J connectivity index is 1.52. The van der Waals surface area contributed by atoms with Crippen molar-refractivity contribution in [2.75, 3.05) is 26.3 Å². The third kappa shape index (κ3) is 3.04. The number of aromatic nitrogens is 4. The normalized spacial score (nSPS) is 20.8. The first-order chi connectivity index (χ1) is 12.1. The second-order valence-corrected chi connectivity index (χ2v) is 6.33. The van der Waals surface area contributed by atoms with Gasteiger partial charge in [-0.05, 0) is 6.42 Å². The Morgan fingerprint density at radius 3 is 2.88 bits per heavy atom. The maximum atomic E-state index is 12.7. The lowest BCUT2D eigenvalue weighted by molar-refractivity contribution is -0.135. The molecule has 0 unspecified atom stereocenters. The molecule has 0 aliphatic carbocycles. The average Bonchev–Trinajstić information content (AvgIpc) is 3.32. The summed E-state index contributed by atoms with van der Waals surface area (Å²) in [6, 6.07) is 0. The molecule has 1 fully saturated rings. The van der Waals surface area contributed by atoms with Gasteiger partial charge in [0.1, 0.15) is 5.82 Å². The number of fused-ring (bicyclic) bond motifs is 1. The van der Waals surface area contributed by atoms with Crippen LogP contribution in [0.4, 0.5) is 8.78 Å². The molecule has 2 aliphatic heterocycles. The molecule has 7 nitrogen and oxygen atoms in total. The van der Waals surface area contributed by atoms with Crippen molar-refractivity contribution in [2.45, 2.75) is 25.9 Å². The Bertz CT molecular complexity index is 766. The molecule has 1 saturated heterocycles. The molecule has 1 atom stereocenters. The third-order valence-electron chi connectivity index (χ3n) is 4.82. The first-order valence-electron chi connectivity index (χ1n) is 8.37. The molecule has 25 heavy (non-hydrogen) atoms. The van der Waals surface area contributed by atoms with Gasteiger partial charge in [-0.1, -0.05) is 0 Å². The predicted molar refractivity (Wildman–Crippen MR) is 83.9 cm³/mol. The highest BCUT2D eigenvalue weighted by atomic mass is 19.3. The maximum Gasteiger partial charge on any atom is 0.333 e. The van der Waals surface area contributed by atoms with E-state index in [-0.39, 0.29) is 11.8 Å². The average molecular weight is 351 g/mol. The molecule has 0 aromatic carbocycles. The quantitative estimate of drug-likeness (QED) is 0.842. The predicted octanol–water partition coefficient (Wildman–Crippen LogP) is 1.56. The number of alkyl halides is 2. The van der Waals surface area contributed by atoms with Crippen LogP contribution in [0, 0.1) is 5.92 Å². The van der Waals surface area contributed by atoms with E-state index in [4.69, 9.17) is 4.74 Å². The minimum Gasteiger partial charge on any atom is -0.381 e. The van der Waals surface area contributed by atoms with Crippen molar-refractivity contribution >= 4 is 5.91 Å². The van der Waals surface area contributed by atoms with E-state index in [0.717, 1.165) is 17.9 Å². The molecule has 2 aromatic rings. The van der Waals surface area contributed by atoms with Crippen molar-refractivity contribution in [2.24, 2.45) is 5.92 Å². The smallest absolute Gasteiger partial charge is 0.333 e. The highest BCUT2D eigenvalue weighted by Crippen LogP contribution is 2.25. The molecule has 0 radical (unpaired) electrons. The number of halogens is 2. The van der Waals surface area contributed by atoms with Crippen LogP contribution < -0.4 is 0 Å². The van der Waals surface area contributed by atoms with Gasteiger partial charge in [0, 0.05) is 44.4 Å². The maximum absolute atomic E-state index is 12.7. The van der Waals surface area contributed by atoms with E-state index in [9.17, 15) is 13.6 Å². The van der Waals surface area contributed by atoms with E-state index < -0.39 is 6.55 Å². The van der Waals surface area contributed by atoms with Crippen LogP contribution in [0.3, 0.4) is 0 Å². The Morgan fingerprint density at radius 1 is 1.28 bits per heavy atom. The molecule has 2 aliphatic rings. The summed E-state index contributed by atoms with van der Waals surface area (Å²) in [6.45, 7) is 0.255. The fourth-order valence-electron chi connectivity index (χ4n) is 3.45. The minimum atomic E-state index is -2.66. The van der Waals surface area contributed by atoms with Crippen molar-refractivity contribution in [3.05, 3.63) is 24.4 Å².